The van der Waals surface area contributed by atoms with E-state index in [1.54, 1.807) is 7.11 Å². The normalized spacial score (nSPS) is 21.3. The number of hydrogen-bond acceptors (Lipinski definition) is 2. The van der Waals surface area contributed by atoms with Crippen LogP contribution in [0.3, 0.4) is 0 Å². The molecule has 0 saturated carbocycles. The molecule has 0 bridgehead atoms. The van der Waals surface area contributed by atoms with Gasteiger partial charge in [0.05, 0.1) is 7.11 Å². The fourth-order valence-corrected chi connectivity index (χ4v) is 2.14. The summed E-state index contributed by atoms with van der Waals surface area (Å²) in [5, 5.41) is 3.56. The number of piperidine rings is 1. The van der Waals surface area contributed by atoms with Crippen LogP contribution >= 0.6 is 0 Å². The van der Waals surface area contributed by atoms with Crippen molar-refractivity contribution in [2.24, 2.45) is 0 Å². The highest BCUT2D eigenvalue weighted by molar-refractivity contribution is 5.27. The molecule has 1 aliphatic heterocycles. The molecule has 2 heteroatoms. The standard InChI is InChI=1S/C13H19NO/c1-15-13-7-5-11(6-8-13)10-12-4-2-3-9-14-12/h5-8,12,14H,2-4,9-10H2,1H3/t12-/m1/s1. The molecular weight excluding hydrogens is 186 g/mol. The van der Waals surface area contributed by atoms with Crippen LogP contribution in [-0.2, 0) is 6.42 Å². The number of hydrogen-bond donors (Lipinski definition) is 1. The molecule has 1 saturated heterocycles. The average Bonchev–Trinajstić information content (AvgIpc) is 2.31. The van der Waals surface area contributed by atoms with Crippen molar-refractivity contribution in [1.29, 1.82) is 0 Å². The summed E-state index contributed by atoms with van der Waals surface area (Å²) in [4.78, 5) is 0. The zero-order valence-electron chi connectivity index (χ0n) is 9.33. The van der Waals surface area contributed by atoms with Crippen LogP contribution in [0.2, 0.25) is 0 Å². The van der Waals surface area contributed by atoms with E-state index < -0.39 is 0 Å². The molecule has 2 rings (SSSR count). The predicted molar refractivity (Wildman–Crippen MR) is 62.3 cm³/mol. The van der Waals surface area contributed by atoms with E-state index in [0.29, 0.717) is 6.04 Å². The Balaban J connectivity index is 1.91. The van der Waals surface area contributed by atoms with Crippen molar-refractivity contribution >= 4 is 0 Å². The van der Waals surface area contributed by atoms with Crippen molar-refractivity contribution in [2.75, 3.05) is 13.7 Å². The van der Waals surface area contributed by atoms with E-state index in [-0.39, 0.29) is 0 Å². The number of ether oxygens (including phenoxy) is 1. The first-order chi connectivity index (χ1) is 7.38. The summed E-state index contributed by atoms with van der Waals surface area (Å²) in [5.41, 5.74) is 1.40. The minimum absolute atomic E-state index is 0.673. The van der Waals surface area contributed by atoms with Gasteiger partial charge in [-0.15, -0.1) is 0 Å². The Labute approximate surface area is 91.6 Å². The fraction of sp³-hybridized carbons (Fsp3) is 0.538. The second kappa shape index (κ2) is 5.17. The molecule has 1 aliphatic rings. The van der Waals surface area contributed by atoms with Crippen molar-refractivity contribution in [2.45, 2.75) is 31.7 Å². The van der Waals surface area contributed by atoms with E-state index in [1.807, 2.05) is 12.1 Å². The number of methoxy groups -OCH3 is 1. The first kappa shape index (κ1) is 10.5. The minimum atomic E-state index is 0.673. The van der Waals surface area contributed by atoms with Gasteiger partial charge in [0.25, 0.3) is 0 Å². The first-order valence-corrected chi connectivity index (χ1v) is 5.75. The topological polar surface area (TPSA) is 21.3 Å². The van der Waals surface area contributed by atoms with Crippen LogP contribution in [0.5, 0.6) is 5.75 Å². The minimum Gasteiger partial charge on any atom is -0.497 e. The lowest BCUT2D eigenvalue weighted by Crippen LogP contribution is -2.35. The third-order valence-electron chi connectivity index (χ3n) is 3.05. The van der Waals surface area contributed by atoms with Crippen LogP contribution in [0.25, 0.3) is 0 Å². The quantitative estimate of drug-likeness (QED) is 0.818. The third kappa shape index (κ3) is 2.96. The molecular formula is C13H19NO. The number of benzene rings is 1. The Morgan fingerprint density at radius 1 is 1.27 bits per heavy atom. The molecule has 1 N–H and O–H groups in total. The molecule has 1 aromatic rings. The van der Waals surface area contributed by atoms with Crippen LogP contribution in [0.1, 0.15) is 24.8 Å². The van der Waals surface area contributed by atoms with Crippen molar-refractivity contribution in [3.05, 3.63) is 29.8 Å². The Hall–Kier alpha value is -1.02. The lowest BCUT2D eigenvalue weighted by molar-refractivity contribution is 0.398. The van der Waals surface area contributed by atoms with E-state index >= 15 is 0 Å². The van der Waals surface area contributed by atoms with Gasteiger partial charge in [0.2, 0.25) is 0 Å². The van der Waals surface area contributed by atoms with Gasteiger partial charge >= 0.3 is 0 Å². The highest BCUT2D eigenvalue weighted by Gasteiger charge is 2.12. The maximum Gasteiger partial charge on any atom is 0.118 e. The smallest absolute Gasteiger partial charge is 0.118 e. The highest BCUT2D eigenvalue weighted by atomic mass is 16.5. The average molecular weight is 205 g/mol. The number of rotatable bonds is 3. The largest absolute Gasteiger partial charge is 0.497 e. The second-order valence-corrected chi connectivity index (χ2v) is 4.20. The fourth-order valence-electron chi connectivity index (χ4n) is 2.14. The lowest BCUT2D eigenvalue weighted by Gasteiger charge is -2.23. The maximum atomic E-state index is 5.14. The summed E-state index contributed by atoms with van der Waals surface area (Å²) in [6.45, 7) is 1.18. The molecule has 1 aromatic carbocycles. The SMILES string of the molecule is COc1ccc(C[C@H]2CCCCN2)cc1. The van der Waals surface area contributed by atoms with Gasteiger partial charge in [-0.25, -0.2) is 0 Å². The molecule has 2 nitrogen and oxygen atoms in total. The highest BCUT2D eigenvalue weighted by Crippen LogP contribution is 2.16. The van der Waals surface area contributed by atoms with Gasteiger partial charge in [0.15, 0.2) is 0 Å². The molecule has 0 aromatic heterocycles. The Morgan fingerprint density at radius 3 is 2.67 bits per heavy atom. The van der Waals surface area contributed by atoms with E-state index in [9.17, 15) is 0 Å². The Kier molecular flexibility index (Phi) is 3.62. The van der Waals surface area contributed by atoms with Crippen molar-refractivity contribution in [3.8, 4) is 5.75 Å². The summed E-state index contributed by atoms with van der Waals surface area (Å²) in [5.74, 6) is 0.940. The van der Waals surface area contributed by atoms with Crippen molar-refractivity contribution < 1.29 is 4.74 Å². The summed E-state index contributed by atoms with van der Waals surface area (Å²) < 4.78 is 5.14. The molecule has 1 fully saturated rings. The van der Waals surface area contributed by atoms with Gasteiger partial charge in [-0.2, -0.15) is 0 Å². The van der Waals surface area contributed by atoms with E-state index in [1.165, 1.54) is 31.4 Å². The number of nitrogens with one attached hydrogen (secondary N) is 1. The van der Waals surface area contributed by atoms with Crippen molar-refractivity contribution in [3.63, 3.8) is 0 Å². The van der Waals surface area contributed by atoms with Crippen LogP contribution in [0.4, 0.5) is 0 Å². The summed E-state index contributed by atoms with van der Waals surface area (Å²) in [7, 11) is 1.71. The summed E-state index contributed by atoms with van der Waals surface area (Å²) in [6, 6.07) is 9.08. The van der Waals surface area contributed by atoms with E-state index in [2.05, 4.69) is 17.4 Å². The summed E-state index contributed by atoms with van der Waals surface area (Å²) in [6.07, 6.45) is 5.16. The van der Waals surface area contributed by atoms with Gasteiger partial charge in [0.1, 0.15) is 5.75 Å². The zero-order chi connectivity index (χ0) is 10.5. The molecule has 15 heavy (non-hydrogen) atoms. The monoisotopic (exact) mass is 205 g/mol. The Bertz CT molecular complexity index is 288. The maximum absolute atomic E-state index is 5.14. The van der Waals surface area contributed by atoms with Gasteiger partial charge < -0.3 is 10.1 Å². The van der Waals surface area contributed by atoms with E-state index in [4.69, 9.17) is 4.74 Å². The molecule has 1 atom stereocenters. The van der Waals surface area contributed by atoms with Gasteiger partial charge in [-0.3, -0.25) is 0 Å². The van der Waals surface area contributed by atoms with Gasteiger partial charge in [-0.05, 0) is 43.5 Å². The third-order valence-corrected chi connectivity index (χ3v) is 3.05. The van der Waals surface area contributed by atoms with E-state index in [0.717, 1.165) is 12.2 Å². The molecule has 0 unspecified atom stereocenters. The predicted octanol–water partition coefficient (Wildman–Crippen LogP) is 2.38. The second-order valence-electron chi connectivity index (χ2n) is 4.20. The Morgan fingerprint density at radius 2 is 2.07 bits per heavy atom. The lowest BCUT2D eigenvalue weighted by atomic mass is 9.98. The summed E-state index contributed by atoms with van der Waals surface area (Å²) >= 11 is 0. The molecule has 0 aliphatic carbocycles. The molecule has 0 amide bonds. The zero-order valence-corrected chi connectivity index (χ0v) is 9.33. The molecule has 1 heterocycles. The van der Waals surface area contributed by atoms with Gasteiger partial charge in [0, 0.05) is 6.04 Å². The molecule has 0 spiro atoms. The first-order valence-electron chi connectivity index (χ1n) is 5.75. The van der Waals surface area contributed by atoms with Crippen LogP contribution in [0, 0.1) is 0 Å². The van der Waals surface area contributed by atoms with Crippen LogP contribution in [0.15, 0.2) is 24.3 Å². The van der Waals surface area contributed by atoms with Crippen molar-refractivity contribution in [1.82, 2.24) is 5.32 Å². The van der Waals surface area contributed by atoms with Crippen LogP contribution in [-0.4, -0.2) is 19.7 Å². The molecule has 0 radical (unpaired) electrons. The van der Waals surface area contributed by atoms with Crippen LogP contribution < -0.4 is 10.1 Å². The molecule has 82 valence electrons. The van der Waals surface area contributed by atoms with Gasteiger partial charge in [-0.1, -0.05) is 18.6 Å².